The first-order chi connectivity index (χ1) is 11.1. The van der Waals surface area contributed by atoms with Gasteiger partial charge in [-0.1, -0.05) is 6.07 Å². The third-order valence-electron chi connectivity index (χ3n) is 3.20. The zero-order valence-electron chi connectivity index (χ0n) is 13.3. The number of rotatable bonds is 5. The predicted octanol–water partition coefficient (Wildman–Crippen LogP) is 4.11. The van der Waals surface area contributed by atoms with Gasteiger partial charge in [0.25, 0.3) is 0 Å². The number of aromatic nitrogens is 3. The van der Waals surface area contributed by atoms with E-state index in [9.17, 15) is 0 Å². The van der Waals surface area contributed by atoms with E-state index in [-0.39, 0.29) is 0 Å². The SMILES string of the molecule is COCc1csc(-c2ccnc(Nc3cc(C)cc(C)c3)n2)n1. The Kier molecular flexibility index (Phi) is 4.64. The molecule has 0 atom stereocenters. The van der Waals surface area contributed by atoms with E-state index in [1.54, 1.807) is 24.6 Å². The third kappa shape index (κ3) is 3.91. The molecule has 3 rings (SSSR count). The van der Waals surface area contributed by atoms with Gasteiger partial charge in [0.15, 0.2) is 0 Å². The molecule has 1 N–H and O–H groups in total. The van der Waals surface area contributed by atoms with Gasteiger partial charge in [0.05, 0.1) is 12.3 Å². The fourth-order valence-electron chi connectivity index (χ4n) is 2.35. The highest BCUT2D eigenvalue weighted by Gasteiger charge is 2.08. The molecule has 0 aliphatic carbocycles. The van der Waals surface area contributed by atoms with Crippen molar-refractivity contribution in [3.05, 3.63) is 52.7 Å². The first-order valence-electron chi connectivity index (χ1n) is 7.26. The predicted molar refractivity (Wildman–Crippen MR) is 93.1 cm³/mol. The minimum atomic E-state index is 0.509. The lowest BCUT2D eigenvalue weighted by molar-refractivity contribution is 0.182. The second kappa shape index (κ2) is 6.85. The van der Waals surface area contributed by atoms with Crippen LogP contribution in [0.15, 0.2) is 35.8 Å². The molecule has 23 heavy (non-hydrogen) atoms. The summed E-state index contributed by atoms with van der Waals surface area (Å²) in [7, 11) is 1.66. The Labute approximate surface area is 139 Å². The second-order valence-electron chi connectivity index (χ2n) is 5.34. The van der Waals surface area contributed by atoms with Crippen LogP contribution in [0.1, 0.15) is 16.8 Å². The van der Waals surface area contributed by atoms with Crippen molar-refractivity contribution in [2.45, 2.75) is 20.5 Å². The molecule has 2 aromatic heterocycles. The summed E-state index contributed by atoms with van der Waals surface area (Å²) < 4.78 is 5.10. The van der Waals surface area contributed by atoms with Gasteiger partial charge in [0.2, 0.25) is 5.95 Å². The lowest BCUT2D eigenvalue weighted by atomic mass is 10.1. The van der Waals surface area contributed by atoms with Gasteiger partial charge < -0.3 is 10.1 Å². The molecule has 0 amide bonds. The first-order valence-corrected chi connectivity index (χ1v) is 8.14. The minimum Gasteiger partial charge on any atom is -0.378 e. The summed E-state index contributed by atoms with van der Waals surface area (Å²) in [6.45, 7) is 4.65. The number of nitrogens with one attached hydrogen (secondary N) is 1. The fourth-order valence-corrected chi connectivity index (χ4v) is 3.13. The van der Waals surface area contributed by atoms with Gasteiger partial charge in [0, 0.05) is 24.4 Å². The molecular weight excluding hydrogens is 308 g/mol. The molecule has 6 heteroatoms. The lowest BCUT2D eigenvalue weighted by Crippen LogP contribution is -1.98. The van der Waals surface area contributed by atoms with Crippen LogP contribution in [0, 0.1) is 13.8 Å². The summed E-state index contributed by atoms with van der Waals surface area (Å²) in [6.07, 6.45) is 1.74. The molecule has 0 aliphatic rings. The van der Waals surface area contributed by atoms with Crippen LogP contribution in [-0.2, 0) is 11.3 Å². The van der Waals surface area contributed by atoms with E-state index < -0.39 is 0 Å². The topological polar surface area (TPSA) is 59.9 Å². The monoisotopic (exact) mass is 326 g/mol. The summed E-state index contributed by atoms with van der Waals surface area (Å²) in [4.78, 5) is 13.4. The van der Waals surface area contributed by atoms with E-state index in [2.05, 4.69) is 52.3 Å². The average molecular weight is 326 g/mol. The number of hydrogen-bond donors (Lipinski definition) is 1. The molecule has 0 fully saturated rings. The Hall–Kier alpha value is -2.31. The van der Waals surface area contributed by atoms with Crippen LogP contribution >= 0.6 is 11.3 Å². The van der Waals surface area contributed by atoms with Crippen molar-refractivity contribution in [2.75, 3.05) is 12.4 Å². The van der Waals surface area contributed by atoms with E-state index in [4.69, 9.17) is 4.74 Å². The van der Waals surface area contributed by atoms with Crippen molar-refractivity contribution in [2.24, 2.45) is 0 Å². The van der Waals surface area contributed by atoms with Gasteiger partial charge in [-0.25, -0.2) is 15.0 Å². The first kappa shape index (κ1) is 15.6. The number of methoxy groups -OCH3 is 1. The van der Waals surface area contributed by atoms with Gasteiger partial charge in [-0.05, 0) is 43.2 Å². The normalized spacial score (nSPS) is 10.7. The third-order valence-corrected chi connectivity index (χ3v) is 4.11. The van der Waals surface area contributed by atoms with Gasteiger partial charge >= 0.3 is 0 Å². The number of hydrogen-bond acceptors (Lipinski definition) is 6. The van der Waals surface area contributed by atoms with Crippen molar-refractivity contribution in [3.8, 4) is 10.7 Å². The Balaban J connectivity index is 1.84. The molecule has 3 aromatic rings. The minimum absolute atomic E-state index is 0.509. The molecule has 0 radical (unpaired) electrons. The number of nitrogens with zero attached hydrogens (tertiary/aromatic N) is 3. The largest absolute Gasteiger partial charge is 0.378 e. The highest BCUT2D eigenvalue weighted by molar-refractivity contribution is 7.13. The quantitative estimate of drug-likeness (QED) is 0.764. The van der Waals surface area contributed by atoms with Crippen LogP contribution in [0.5, 0.6) is 0 Å². The second-order valence-corrected chi connectivity index (χ2v) is 6.20. The highest BCUT2D eigenvalue weighted by Crippen LogP contribution is 2.24. The Bertz CT molecular complexity index is 796. The molecule has 2 heterocycles. The molecule has 0 aliphatic heterocycles. The van der Waals surface area contributed by atoms with E-state index in [1.165, 1.54) is 11.1 Å². The van der Waals surface area contributed by atoms with Crippen LogP contribution in [-0.4, -0.2) is 22.1 Å². The van der Waals surface area contributed by atoms with Gasteiger partial charge in [-0.2, -0.15) is 0 Å². The van der Waals surface area contributed by atoms with Crippen LogP contribution in [0.2, 0.25) is 0 Å². The summed E-state index contributed by atoms with van der Waals surface area (Å²) >= 11 is 1.55. The molecule has 0 bridgehead atoms. The molecule has 0 spiro atoms. The standard InChI is InChI=1S/C17H18N4OS/c1-11-6-12(2)8-13(7-11)20-17-18-5-4-15(21-17)16-19-14(9-22-3)10-23-16/h4-8,10H,9H2,1-3H3,(H,18,20,21). The maximum absolute atomic E-state index is 5.10. The summed E-state index contributed by atoms with van der Waals surface area (Å²) in [5, 5.41) is 6.11. The highest BCUT2D eigenvalue weighted by atomic mass is 32.1. The van der Waals surface area contributed by atoms with Gasteiger partial charge in [-0.15, -0.1) is 11.3 Å². The molecular formula is C17H18N4OS. The van der Waals surface area contributed by atoms with Crippen LogP contribution in [0.4, 0.5) is 11.6 Å². The van der Waals surface area contributed by atoms with Crippen molar-refractivity contribution in [1.29, 1.82) is 0 Å². The zero-order chi connectivity index (χ0) is 16.2. The Morgan fingerprint density at radius 1 is 1.13 bits per heavy atom. The number of ether oxygens (including phenoxy) is 1. The molecule has 0 saturated carbocycles. The molecule has 0 unspecified atom stereocenters. The summed E-state index contributed by atoms with van der Waals surface area (Å²) in [6, 6.07) is 8.14. The fraction of sp³-hybridized carbons (Fsp3) is 0.235. The number of thiazole rings is 1. The van der Waals surface area contributed by atoms with Crippen molar-refractivity contribution in [3.63, 3.8) is 0 Å². The maximum atomic E-state index is 5.10. The lowest BCUT2D eigenvalue weighted by Gasteiger charge is -2.07. The molecule has 1 aromatic carbocycles. The van der Waals surface area contributed by atoms with Crippen molar-refractivity contribution >= 4 is 23.0 Å². The van der Waals surface area contributed by atoms with E-state index in [0.29, 0.717) is 12.6 Å². The Morgan fingerprint density at radius 3 is 2.65 bits per heavy atom. The molecule has 118 valence electrons. The number of anilines is 2. The molecule has 5 nitrogen and oxygen atoms in total. The van der Waals surface area contributed by atoms with Crippen molar-refractivity contribution in [1.82, 2.24) is 15.0 Å². The Morgan fingerprint density at radius 2 is 1.91 bits per heavy atom. The average Bonchev–Trinajstić information content (AvgIpc) is 2.95. The van der Waals surface area contributed by atoms with Gasteiger partial charge in [0.1, 0.15) is 10.7 Å². The smallest absolute Gasteiger partial charge is 0.227 e. The van der Waals surface area contributed by atoms with E-state index >= 15 is 0 Å². The van der Waals surface area contributed by atoms with Crippen LogP contribution in [0.25, 0.3) is 10.7 Å². The maximum Gasteiger partial charge on any atom is 0.227 e. The number of aryl methyl sites for hydroxylation is 2. The van der Waals surface area contributed by atoms with Gasteiger partial charge in [-0.3, -0.25) is 0 Å². The molecule has 0 saturated heterocycles. The van der Waals surface area contributed by atoms with Crippen molar-refractivity contribution < 1.29 is 4.74 Å². The van der Waals surface area contributed by atoms with E-state index in [1.807, 2.05) is 11.4 Å². The van der Waals surface area contributed by atoms with Crippen LogP contribution in [0.3, 0.4) is 0 Å². The van der Waals surface area contributed by atoms with E-state index in [0.717, 1.165) is 22.1 Å². The summed E-state index contributed by atoms with van der Waals surface area (Å²) in [5.74, 6) is 0.566. The zero-order valence-corrected chi connectivity index (χ0v) is 14.1. The summed E-state index contributed by atoms with van der Waals surface area (Å²) in [5.41, 5.74) is 5.11. The number of benzene rings is 1. The van der Waals surface area contributed by atoms with Crippen LogP contribution < -0.4 is 5.32 Å².